The third kappa shape index (κ3) is 3.40. The molecule has 2 atom stereocenters. The van der Waals surface area contributed by atoms with Gasteiger partial charge in [0, 0.05) is 18.7 Å². The highest BCUT2D eigenvalue weighted by molar-refractivity contribution is 5.95. The molecule has 1 N–H and O–H groups in total. The van der Waals surface area contributed by atoms with Gasteiger partial charge in [0.2, 0.25) is 0 Å². The van der Waals surface area contributed by atoms with Gasteiger partial charge in [0.15, 0.2) is 0 Å². The Kier molecular flexibility index (Phi) is 4.51. The number of aliphatic carboxylic acids is 1. The molecule has 124 valence electrons. The van der Waals surface area contributed by atoms with Gasteiger partial charge in [-0.3, -0.25) is 9.59 Å². The Morgan fingerprint density at radius 1 is 1.00 bits per heavy atom. The van der Waals surface area contributed by atoms with Gasteiger partial charge in [-0.15, -0.1) is 0 Å². The summed E-state index contributed by atoms with van der Waals surface area (Å²) in [7, 11) is 0. The van der Waals surface area contributed by atoms with E-state index in [4.69, 9.17) is 4.74 Å². The van der Waals surface area contributed by atoms with Gasteiger partial charge in [-0.25, -0.2) is 0 Å². The predicted octanol–water partition coefficient (Wildman–Crippen LogP) is 3.27. The van der Waals surface area contributed by atoms with Crippen molar-refractivity contribution in [2.24, 2.45) is 11.8 Å². The number of rotatable bonds is 4. The van der Waals surface area contributed by atoms with Gasteiger partial charge in [-0.2, -0.15) is 0 Å². The van der Waals surface area contributed by atoms with Crippen LogP contribution in [0.2, 0.25) is 0 Å². The molecule has 0 spiro atoms. The van der Waals surface area contributed by atoms with Crippen LogP contribution in [-0.4, -0.2) is 35.0 Å². The fourth-order valence-corrected chi connectivity index (χ4v) is 2.93. The molecule has 0 aliphatic carbocycles. The van der Waals surface area contributed by atoms with Crippen LogP contribution in [0.4, 0.5) is 0 Å². The first-order valence-electron chi connectivity index (χ1n) is 7.89. The Bertz CT molecular complexity index is 727. The van der Waals surface area contributed by atoms with Gasteiger partial charge < -0.3 is 14.7 Å². The zero-order valence-corrected chi connectivity index (χ0v) is 13.4. The summed E-state index contributed by atoms with van der Waals surface area (Å²) in [5, 5.41) is 9.18. The number of carboxylic acid groups (broad SMARTS) is 1. The second-order valence-corrected chi connectivity index (χ2v) is 6.07. The van der Waals surface area contributed by atoms with E-state index in [9.17, 15) is 14.7 Å². The highest BCUT2D eigenvalue weighted by Crippen LogP contribution is 2.26. The maximum atomic E-state index is 12.5. The van der Waals surface area contributed by atoms with E-state index < -0.39 is 11.9 Å². The number of carbonyl (C=O) groups is 2. The van der Waals surface area contributed by atoms with Gasteiger partial charge in [0.1, 0.15) is 11.5 Å². The molecular formula is C19H19NO4. The van der Waals surface area contributed by atoms with Crippen LogP contribution in [0, 0.1) is 11.8 Å². The minimum atomic E-state index is -0.843. The van der Waals surface area contributed by atoms with Crippen molar-refractivity contribution in [3.63, 3.8) is 0 Å². The van der Waals surface area contributed by atoms with Crippen molar-refractivity contribution in [3.8, 4) is 11.5 Å². The molecule has 3 rings (SSSR count). The highest BCUT2D eigenvalue weighted by atomic mass is 16.5. The van der Waals surface area contributed by atoms with Crippen molar-refractivity contribution in [2.75, 3.05) is 13.1 Å². The van der Waals surface area contributed by atoms with Crippen molar-refractivity contribution < 1.29 is 19.4 Å². The lowest BCUT2D eigenvalue weighted by Gasteiger charge is -2.16. The highest BCUT2D eigenvalue weighted by Gasteiger charge is 2.37. The fourth-order valence-electron chi connectivity index (χ4n) is 2.93. The van der Waals surface area contributed by atoms with Crippen LogP contribution in [-0.2, 0) is 4.79 Å². The third-order valence-electron chi connectivity index (χ3n) is 4.30. The summed E-state index contributed by atoms with van der Waals surface area (Å²) in [5.41, 5.74) is 0.536. The van der Waals surface area contributed by atoms with E-state index in [-0.39, 0.29) is 18.4 Å². The first-order valence-corrected chi connectivity index (χ1v) is 7.89. The van der Waals surface area contributed by atoms with Gasteiger partial charge in [-0.05, 0) is 42.3 Å². The molecule has 0 aromatic heterocycles. The molecule has 5 nitrogen and oxygen atoms in total. The Hall–Kier alpha value is -2.82. The molecule has 0 saturated carbocycles. The molecule has 0 bridgehead atoms. The second kappa shape index (κ2) is 6.74. The molecule has 1 aliphatic heterocycles. The normalized spacial score (nSPS) is 20.0. The number of amides is 1. The lowest BCUT2D eigenvalue weighted by atomic mass is 9.99. The van der Waals surface area contributed by atoms with Gasteiger partial charge in [0.05, 0.1) is 5.92 Å². The minimum Gasteiger partial charge on any atom is -0.481 e. The maximum absolute atomic E-state index is 12.5. The lowest BCUT2D eigenvalue weighted by molar-refractivity contribution is -0.142. The van der Waals surface area contributed by atoms with Crippen LogP contribution in [0.15, 0.2) is 54.6 Å². The summed E-state index contributed by atoms with van der Waals surface area (Å²) in [5.74, 6) is -0.131. The van der Waals surface area contributed by atoms with Crippen molar-refractivity contribution >= 4 is 11.9 Å². The Morgan fingerprint density at radius 2 is 1.62 bits per heavy atom. The summed E-state index contributed by atoms with van der Waals surface area (Å²) in [6.07, 6.45) is 0. The van der Waals surface area contributed by atoms with E-state index in [2.05, 4.69) is 0 Å². The second-order valence-electron chi connectivity index (χ2n) is 6.07. The Labute approximate surface area is 140 Å². The number of benzene rings is 2. The van der Waals surface area contributed by atoms with Crippen LogP contribution in [0.25, 0.3) is 0 Å². The number of carbonyl (C=O) groups excluding carboxylic acids is 1. The van der Waals surface area contributed by atoms with Crippen molar-refractivity contribution in [1.29, 1.82) is 0 Å². The Morgan fingerprint density at radius 3 is 2.21 bits per heavy atom. The molecule has 1 amide bonds. The Balaban J connectivity index is 1.67. The van der Waals surface area contributed by atoms with Crippen LogP contribution < -0.4 is 4.74 Å². The van der Waals surface area contributed by atoms with Crippen LogP contribution in [0.5, 0.6) is 11.5 Å². The SMILES string of the molecule is C[C@@H]1CN(C(=O)c2ccc(Oc3ccccc3)cc2)C[C@H]1C(=O)O. The van der Waals surface area contributed by atoms with Crippen molar-refractivity contribution in [1.82, 2.24) is 4.90 Å². The van der Waals surface area contributed by atoms with Crippen LogP contribution >= 0.6 is 0 Å². The molecule has 1 heterocycles. The molecule has 5 heteroatoms. The fraction of sp³-hybridized carbons (Fsp3) is 0.263. The molecule has 0 radical (unpaired) electrons. The summed E-state index contributed by atoms with van der Waals surface area (Å²) in [6.45, 7) is 2.60. The quantitative estimate of drug-likeness (QED) is 0.937. The first-order chi connectivity index (χ1) is 11.5. The number of ether oxygens (including phenoxy) is 1. The molecular weight excluding hydrogens is 306 g/mol. The third-order valence-corrected chi connectivity index (χ3v) is 4.30. The van der Waals surface area contributed by atoms with Gasteiger partial charge in [-0.1, -0.05) is 25.1 Å². The smallest absolute Gasteiger partial charge is 0.308 e. The lowest BCUT2D eigenvalue weighted by Crippen LogP contribution is -2.29. The van der Waals surface area contributed by atoms with E-state index in [1.165, 1.54) is 0 Å². The average Bonchev–Trinajstić information content (AvgIpc) is 2.98. The van der Waals surface area contributed by atoms with E-state index in [0.717, 1.165) is 5.75 Å². The molecule has 24 heavy (non-hydrogen) atoms. The summed E-state index contributed by atoms with van der Waals surface area (Å²) in [6, 6.07) is 16.3. The summed E-state index contributed by atoms with van der Waals surface area (Å²) >= 11 is 0. The van der Waals surface area contributed by atoms with Crippen molar-refractivity contribution in [3.05, 3.63) is 60.2 Å². The first kappa shape index (κ1) is 16.1. The standard InChI is InChI=1S/C19H19NO4/c1-13-11-20(12-17(13)19(22)23)18(21)14-7-9-16(10-8-14)24-15-5-3-2-4-6-15/h2-10,13,17H,11-12H2,1H3,(H,22,23)/t13-,17-/m1/s1. The molecule has 0 unspecified atom stereocenters. The molecule has 1 fully saturated rings. The molecule has 2 aromatic rings. The van der Waals surface area contributed by atoms with Gasteiger partial charge in [0.25, 0.3) is 5.91 Å². The number of para-hydroxylation sites is 1. The van der Waals surface area contributed by atoms with E-state index in [1.54, 1.807) is 29.2 Å². The number of hydrogen-bond donors (Lipinski definition) is 1. The number of nitrogens with zero attached hydrogens (tertiary/aromatic N) is 1. The average molecular weight is 325 g/mol. The predicted molar refractivity (Wildman–Crippen MR) is 89.2 cm³/mol. The summed E-state index contributed by atoms with van der Waals surface area (Å²) < 4.78 is 5.70. The number of carboxylic acids is 1. The zero-order chi connectivity index (χ0) is 17.1. The number of likely N-dealkylation sites (tertiary alicyclic amines) is 1. The van der Waals surface area contributed by atoms with Crippen LogP contribution in [0.3, 0.4) is 0 Å². The van der Waals surface area contributed by atoms with Crippen molar-refractivity contribution in [2.45, 2.75) is 6.92 Å². The molecule has 2 aromatic carbocycles. The maximum Gasteiger partial charge on any atom is 0.308 e. The summed E-state index contributed by atoms with van der Waals surface area (Å²) in [4.78, 5) is 25.3. The minimum absolute atomic E-state index is 0.0351. The topological polar surface area (TPSA) is 66.8 Å². The van der Waals surface area contributed by atoms with E-state index >= 15 is 0 Å². The van der Waals surface area contributed by atoms with Gasteiger partial charge >= 0.3 is 5.97 Å². The monoisotopic (exact) mass is 325 g/mol. The van der Waals surface area contributed by atoms with Crippen LogP contribution in [0.1, 0.15) is 17.3 Å². The van der Waals surface area contributed by atoms with E-state index in [0.29, 0.717) is 17.9 Å². The molecule has 1 saturated heterocycles. The molecule has 1 aliphatic rings. The number of hydrogen-bond acceptors (Lipinski definition) is 3. The zero-order valence-electron chi connectivity index (χ0n) is 13.4. The largest absolute Gasteiger partial charge is 0.481 e. The van der Waals surface area contributed by atoms with E-state index in [1.807, 2.05) is 37.3 Å².